The Morgan fingerprint density at radius 2 is 1.77 bits per heavy atom. The molecule has 2 aromatic heterocycles. The first-order valence-electron chi connectivity index (χ1n) is 8.47. The van der Waals surface area contributed by atoms with Crippen molar-refractivity contribution < 1.29 is 13.2 Å². The summed E-state index contributed by atoms with van der Waals surface area (Å²) in [6.07, 6.45) is -0.488. The van der Waals surface area contributed by atoms with Gasteiger partial charge in [0.05, 0.1) is 17.1 Å². The zero-order chi connectivity index (χ0) is 18.9. The van der Waals surface area contributed by atoms with Gasteiger partial charge in [0.1, 0.15) is 12.4 Å². The molecule has 0 unspecified atom stereocenters. The monoisotopic (exact) mass is 362 g/mol. The number of alkyl halides is 3. The highest BCUT2D eigenvalue weighted by Crippen LogP contribution is 2.30. The quantitative estimate of drug-likeness (QED) is 0.715. The molecule has 3 rings (SSSR count). The van der Waals surface area contributed by atoms with Gasteiger partial charge in [0, 0.05) is 12.4 Å². The Hall–Kier alpha value is -2.41. The number of aromatic nitrogens is 3. The van der Waals surface area contributed by atoms with E-state index in [0.29, 0.717) is 17.5 Å². The van der Waals surface area contributed by atoms with E-state index in [1.54, 1.807) is 24.5 Å². The topological polar surface area (TPSA) is 56.7 Å². The number of hydrogen-bond donors (Lipinski definition) is 1. The van der Waals surface area contributed by atoms with Gasteiger partial charge in [-0.25, -0.2) is 4.98 Å². The van der Waals surface area contributed by atoms with Gasteiger partial charge in [-0.15, -0.1) is 0 Å². The second kappa shape index (κ2) is 7.07. The van der Waals surface area contributed by atoms with E-state index in [0.717, 1.165) is 11.1 Å². The van der Waals surface area contributed by atoms with Gasteiger partial charge in [-0.05, 0) is 47.7 Å². The van der Waals surface area contributed by atoms with E-state index >= 15 is 0 Å². The lowest BCUT2D eigenvalue weighted by molar-refractivity contribution is -0.140. The van der Waals surface area contributed by atoms with Gasteiger partial charge in [0.2, 0.25) is 0 Å². The fourth-order valence-electron chi connectivity index (χ4n) is 3.11. The normalized spacial score (nSPS) is 13.5. The number of hydrogen-bond acceptors (Lipinski definition) is 3. The summed E-state index contributed by atoms with van der Waals surface area (Å²) in [4.78, 5) is 8.38. The predicted molar refractivity (Wildman–Crippen MR) is 95.4 cm³/mol. The minimum Gasteiger partial charge on any atom is -0.321 e. The number of imidazole rings is 1. The molecule has 0 saturated carbocycles. The molecular formula is C19H21F3N4. The van der Waals surface area contributed by atoms with Crippen LogP contribution in [0.1, 0.15) is 32.1 Å². The molecule has 1 atom stereocenters. The van der Waals surface area contributed by atoms with Crippen molar-refractivity contribution in [1.29, 1.82) is 0 Å². The zero-order valence-corrected chi connectivity index (χ0v) is 14.7. The summed E-state index contributed by atoms with van der Waals surface area (Å²) >= 11 is 0. The first-order chi connectivity index (χ1) is 12.2. The van der Waals surface area contributed by atoms with Crippen molar-refractivity contribution in [3.05, 3.63) is 48.5 Å². The van der Waals surface area contributed by atoms with E-state index in [9.17, 15) is 13.2 Å². The molecular weight excluding hydrogens is 341 g/mol. The first-order valence-corrected chi connectivity index (χ1v) is 8.47. The highest BCUT2D eigenvalue weighted by molar-refractivity contribution is 5.82. The van der Waals surface area contributed by atoms with Gasteiger partial charge in [-0.3, -0.25) is 4.98 Å². The van der Waals surface area contributed by atoms with Crippen LogP contribution in [0.5, 0.6) is 0 Å². The van der Waals surface area contributed by atoms with Crippen LogP contribution in [0.2, 0.25) is 0 Å². The number of benzene rings is 1. The second-order valence-electron chi connectivity index (χ2n) is 6.85. The van der Waals surface area contributed by atoms with Crippen LogP contribution in [0.25, 0.3) is 22.2 Å². The molecule has 0 spiro atoms. The van der Waals surface area contributed by atoms with Crippen molar-refractivity contribution in [3.63, 3.8) is 0 Å². The average Bonchev–Trinajstić information content (AvgIpc) is 2.91. The van der Waals surface area contributed by atoms with Crippen LogP contribution in [-0.4, -0.2) is 20.7 Å². The van der Waals surface area contributed by atoms with E-state index in [-0.39, 0.29) is 11.7 Å². The van der Waals surface area contributed by atoms with Crippen molar-refractivity contribution in [2.75, 3.05) is 0 Å². The minimum absolute atomic E-state index is 0.261. The zero-order valence-electron chi connectivity index (χ0n) is 14.7. The standard InChI is InChI=1S/C19H21F3N4/c1-12(2)9-15(23)18-25-16-4-3-14(13-5-7-24-8-6-13)10-17(16)26(18)11-19(20,21)22/h3-8,10,12,15H,9,11,23H2,1-2H3/t15-/m0/s1. The molecule has 2 heterocycles. The van der Waals surface area contributed by atoms with Crippen LogP contribution in [0, 0.1) is 5.92 Å². The third-order valence-corrected chi connectivity index (χ3v) is 4.19. The summed E-state index contributed by atoms with van der Waals surface area (Å²) in [7, 11) is 0. The minimum atomic E-state index is -4.35. The van der Waals surface area contributed by atoms with Crippen molar-refractivity contribution in [3.8, 4) is 11.1 Å². The van der Waals surface area contributed by atoms with E-state index in [4.69, 9.17) is 5.73 Å². The summed E-state index contributed by atoms with van der Waals surface area (Å²) in [6, 6.07) is 8.40. The Labute approximate surface area is 149 Å². The molecule has 0 amide bonds. The fourth-order valence-corrected chi connectivity index (χ4v) is 3.11. The fraction of sp³-hybridized carbons (Fsp3) is 0.368. The largest absolute Gasteiger partial charge is 0.406 e. The second-order valence-corrected chi connectivity index (χ2v) is 6.85. The summed E-state index contributed by atoms with van der Waals surface area (Å²) in [5.41, 5.74) is 8.82. The predicted octanol–water partition coefficient (Wildman–Crippen LogP) is 4.71. The lowest BCUT2D eigenvalue weighted by Crippen LogP contribution is -2.24. The summed E-state index contributed by atoms with van der Waals surface area (Å²) in [6.45, 7) is 2.86. The highest BCUT2D eigenvalue weighted by Gasteiger charge is 2.31. The van der Waals surface area contributed by atoms with E-state index < -0.39 is 18.8 Å². The maximum atomic E-state index is 13.2. The lowest BCUT2D eigenvalue weighted by atomic mass is 10.0. The van der Waals surface area contributed by atoms with Gasteiger partial charge in [-0.2, -0.15) is 13.2 Å². The number of nitrogens with two attached hydrogens (primary N) is 1. The molecule has 2 N–H and O–H groups in total. The Morgan fingerprint density at radius 1 is 1.08 bits per heavy atom. The van der Waals surface area contributed by atoms with Crippen molar-refractivity contribution in [2.24, 2.45) is 11.7 Å². The molecule has 0 bridgehead atoms. The van der Waals surface area contributed by atoms with Crippen LogP contribution in [0.4, 0.5) is 13.2 Å². The number of nitrogens with zero attached hydrogens (tertiary/aromatic N) is 3. The van der Waals surface area contributed by atoms with Gasteiger partial charge in [0.25, 0.3) is 0 Å². The Kier molecular flexibility index (Phi) is 5.00. The summed E-state index contributed by atoms with van der Waals surface area (Å²) < 4.78 is 40.7. The third kappa shape index (κ3) is 4.04. The SMILES string of the molecule is CC(C)C[C@H](N)c1nc2ccc(-c3ccncc3)cc2n1CC(F)(F)F. The first kappa shape index (κ1) is 18.4. The Balaban J connectivity index is 2.14. The van der Waals surface area contributed by atoms with Crippen LogP contribution in [-0.2, 0) is 6.54 Å². The van der Waals surface area contributed by atoms with Crippen molar-refractivity contribution >= 4 is 11.0 Å². The van der Waals surface area contributed by atoms with Crippen LogP contribution >= 0.6 is 0 Å². The van der Waals surface area contributed by atoms with Gasteiger partial charge < -0.3 is 10.3 Å². The average molecular weight is 362 g/mol. The van der Waals surface area contributed by atoms with Gasteiger partial charge in [0.15, 0.2) is 0 Å². The number of fused-ring (bicyclic) bond motifs is 1. The number of halogens is 3. The highest BCUT2D eigenvalue weighted by atomic mass is 19.4. The lowest BCUT2D eigenvalue weighted by Gasteiger charge is -2.17. The van der Waals surface area contributed by atoms with Gasteiger partial charge >= 0.3 is 6.18 Å². The molecule has 0 saturated heterocycles. The molecule has 0 radical (unpaired) electrons. The molecule has 3 aromatic rings. The molecule has 26 heavy (non-hydrogen) atoms. The molecule has 0 aliphatic carbocycles. The molecule has 4 nitrogen and oxygen atoms in total. The maximum Gasteiger partial charge on any atom is 0.406 e. The molecule has 0 fully saturated rings. The Bertz CT molecular complexity index is 885. The molecule has 138 valence electrons. The molecule has 0 aliphatic heterocycles. The van der Waals surface area contributed by atoms with Crippen LogP contribution < -0.4 is 5.73 Å². The smallest absolute Gasteiger partial charge is 0.321 e. The maximum absolute atomic E-state index is 13.2. The van der Waals surface area contributed by atoms with E-state index in [2.05, 4.69) is 9.97 Å². The molecule has 7 heteroatoms. The van der Waals surface area contributed by atoms with Gasteiger partial charge in [-0.1, -0.05) is 19.9 Å². The molecule has 0 aliphatic rings. The van der Waals surface area contributed by atoms with E-state index in [1.807, 2.05) is 32.0 Å². The molecule has 1 aromatic carbocycles. The summed E-state index contributed by atoms with van der Waals surface area (Å²) in [5.74, 6) is 0.537. The Morgan fingerprint density at radius 3 is 2.38 bits per heavy atom. The van der Waals surface area contributed by atoms with Crippen LogP contribution in [0.15, 0.2) is 42.7 Å². The summed E-state index contributed by atoms with van der Waals surface area (Å²) in [5, 5.41) is 0. The van der Waals surface area contributed by atoms with E-state index in [1.165, 1.54) is 4.57 Å². The van der Waals surface area contributed by atoms with Crippen molar-refractivity contribution in [1.82, 2.24) is 14.5 Å². The third-order valence-electron chi connectivity index (χ3n) is 4.19. The van der Waals surface area contributed by atoms with Crippen LogP contribution in [0.3, 0.4) is 0 Å². The van der Waals surface area contributed by atoms with Crippen molar-refractivity contribution in [2.45, 2.75) is 39.0 Å². The number of pyridine rings is 1. The number of rotatable bonds is 5.